The Morgan fingerprint density at radius 1 is 1.12 bits per heavy atom. The summed E-state index contributed by atoms with van der Waals surface area (Å²) >= 11 is 0. The minimum atomic E-state index is 0. The number of nitrogen functional groups attached to an aromatic ring is 1. The summed E-state index contributed by atoms with van der Waals surface area (Å²) in [5, 5.41) is 0. The monoisotopic (exact) mass is 252 g/mol. The van der Waals surface area contributed by atoms with E-state index in [-0.39, 0.29) is 12.4 Å². The molecule has 2 N–H and O–H groups in total. The van der Waals surface area contributed by atoms with Crippen molar-refractivity contribution < 1.29 is 0 Å². The molecule has 3 heteroatoms. The van der Waals surface area contributed by atoms with Crippen LogP contribution in [0.4, 0.5) is 5.69 Å². The molecule has 0 aliphatic carbocycles. The first-order valence-corrected chi connectivity index (χ1v) is 6.43. The highest BCUT2D eigenvalue weighted by Crippen LogP contribution is 2.36. The van der Waals surface area contributed by atoms with Gasteiger partial charge in [0, 0.05) is 24.3 Å². The molecule has 3 rings (SSSR count). The van der Waals surface area contributed by atoms with Gasteiger partial charge in [-0.3, -0.25) is 4.90 Å². The van der Waals surface area contributed by atoms with E-state index >= 15 is 0 Å². The lowest BCUT2D eigenvalue weighted by Gasteiger charge is -2.34. The van der Waals surface area contributed by atoms with E-state index in [1.807, 2.05) is 6.07 Å². The van der Waals surface area contributed by atoms with Crippen LogP contribution in [0.3, 0.4) is 0 Å². The normalized spacial score (nSPS) is 27.8. The fourth-order valence-corrected chi connectivity index (χ4v) is 3.38. The van der Waals surface area contributed by atoms with E-state index in [0.717, 1.165) is 24.3 Å². The average molecular weight is 253 g/mol. The van der Waals surface area contributed by atoms with Gasteiger partial charge in [-0.2, -0.15) is 0 Å². The van der Waals surface area contributed by atoms with Crippen LogP contribution in [0.25, 0.3) is 0 Å². The minimum Gasteiger partial charge on any atom is -0.399 e. The summed E-state index contributed by atoms with van der Waals surface area (Å²) in [6, 6.07) is 10.0. The van der Waals surface area contributed by atoms with E-state index in [1.165, 1.54) is 37.7 Å². The van der Waals surface area contributed by atoms with Crippen molar-refractivity contribution in [2.75, 3.05) is 5.73 Å². The van der Waals surface area contributed by atoms with Crippen molar-refractivity contribution >= 4 is 18.1 Å². The number of halogens is 1. The third-order valence-electron chi connectivity index (χ3n) is 4.16. The van der Waals surface area contributed by atoms with Crippen molar-refractivity contribution in [3.63, 3.8) is 0 Å². The van der Waals surface area contributed by atoms with Gasteiger partial charge in [0.25, 0.3) is 0 Å². The van der Waals surface area contributed by atoms with Crippen molar-refractivity contribution in [2.45, 2.75) is 50.7 Å². The van der Waals surface area contributed by atoms with Crippen molar-refractivity contribution in [1.29, 1.82) is 0 Å². The number of piperidine rings is 1. The summed E-state index contributed by atoms with van der Waals surface area (Å²) in [5.74, 6) is 0. The number of nitrogens with two attached hydrogens (primary N) is 1. The molecule has 2 atom stereocenters. The summed E-state index contributed by atoms with van der Waals surface area (Å²) < 4.78 is 0. The summed E-state index contributed by atoms with van der Waals surface area (Å²) in [6.07, 6.45) is 7.06. The van der Waals surface area contributed by atoms with E-state index < -0.39 is 0 Å². The molecular formula is C14H21ClN2. The van der Waals surface area contributed by atoms with Gasteiger partial charge in [0.2, 0.25) is 0 Å². The number of nitrogens with zero attached hydrogens (tertiary/aromatic N) is 1. The molecule has 17 heavy (non-hydrogen) atoms. The van der Waals surface area contributed by atoms with E-state index in [2.05, 4.69) is 23.1 Å². The molecule has 2 saturated heterocycles. The minimum absolute atomic E-state index is 0. The van der Waals surface area contributed by atoms with E-state index in [9.17, 15) is 0 Å². The molecule has 2 heterocycles. The van der Waals surface area contributed by atoms with Gasteiger partial charge in [-0.05, 0) is 43.4 Å². The third-order valence-corrected chi connectivity index (χ3v) is 4.16. The Balaban J connectivity index is 0.00000108. The molecule has 2 nitrogen and oxygen atoms in total. The lowest BCUT2D eigenvalue weighted by molar-refractivity contribution is 0.132. The smallest absolute Gasteiger partial charge is 0.0317 e. The van der Waals surface area contributed by atoms with Gasteiger partial charge in [0.15, 0.2) is 0 Å². The molecule has 2 fully saturated rings. The standard InChI is InChI=1S/C14H20N2.ClH/c15-12-4-1-3-11(9-12)10-16-13-5-2-6-14(16)8-7-13;/h1,3-4,9,13-14H,2,5-8,10,15H2;1H. The first-order valence-electron chi connectivity index (χ1n) is 6.43. The Labute approximate surface area is 110 Å². The van der Waals surface area contributed by atoms with Crippen LogP contribution in [-0.4, -0.2) is 17.0 Å². The molecule has 0 radical (unpaired) electrons. The number of rotatable bonds is 2. The van der Waals surface area contributed by atoms with E-state index in [4.69, 9.17) is 5.73 Å². The Morgan fingerprint density at radius 2 is 1.82 bits per heavy atom. The highest BCUT2D eigenvalue weighted by Gasteiger charge is 2.35. The maximum absolute atomic E-state index is 5.83. The largest absolute Gasteiger partial charge is 0.399 e. The molecule has 94 valence electrons. The molecule has 2 aliphatic rings. The highest BCUT2D eigenvalue weighted by atomic mass is 35.5. The van der Waals surface area contributed by atoms with Crippen LogP contribution in [0.2, 0.25) is 0 Å². The molecule has 2 bridgehead atoms. The number of fused-ring (bicyclic) bond motifs is 2. The first-order chi connectivity index (χ1) is 7.83. The Kier molecular flexibility index (Phi) is 3.95. The molecule has 2 aliphatic heterocycles. The SMILES string of the molecule is Cl.Nc1cccc(CN2C3CCCC2CC3)c1. The topological polar surface area (TPSA) is 29.3 Å². The second-order valence-corrected chi connectivity index (χ2v) is 5.23. The second-order valence-electron chi connectivity index (χ2n) is 5.23. The maximum atomic E-state index is 5.83. The lowest BCUT2D eigenvalue weighted by Crippen LogP contribution is -2.38. The number of anilines is 1. The van der Waals surface area contributed by atoms with Gasteiger partial charge in [0.1, 0.15) is 0 Å². The number of hydrogen-bond donors (Lipinski definition) is 1. The van der Waals surface area contributed by atoms with Crippen LogP contribution >= 0.6 is 12.4 Å². The summed E-state index contributed by atoms with van der Waals surface area (Å²) in [6.45, 7) is 1.10. The second kappa shape index (κ2) is 5.28. The van der Waals surface area contributed by atoms with Gasteiger partial charge >= 0.3 is 0 Å². The fourth-order valence-electron chi connectivity index (χ4n) is 3.38. The van der Waals surface area contributed by atoms with Crippen LogP contribution in [0.15, 0.2) is 24.3 Å². The first kappa shape index (κ1) is 12.7. The molecule has 0 spiro atoms. The Hall–Kier alpha value is -0.730. The van der Waals surface area contributed by atoms with Gasteiger partial charge in [0.05, 0.1) is 0 Å². The van der Waals surface area contributed by atoms with Crippen LogP contribution < -0.4 is 5.73 Å². The van der Waals surface area contributed by atoms with Crippen molar-refractivity contribution in [3.8, 4) is 0 Å². The lowest BCUT2D eigenvalue weighted by atomic mass is 10.0. The van der Waals surface area contributed by atoms with E-state index in [0.29, 0.717) is 0 Å². The molecule has 0 saturated carbocycles. The van der Waals surface area contributed by atoms with Crippen LogP contribution in [-0.2, 0) is 6.54 Å². The van der Waals surface area contributed by atoms with Crippen molar-refractivity contribution in [3.05, 3.63) is 29.8 Å². The zero-order valence-corrected chi connectivity index (χ0v) is 11.0. The summed E-state index contributed by atoms with van der Waals surface area (Å²) in [7, 11) is 0. The molecule has 0 aromatic heterocycles. The third kappa shape index (κ3) is 2.58. The number of hydrogen-bond acceptors (Lipinski definition) is 2. The molecular weight excluding hydrogens is 232 g/mol. The fraction of sp³-hybridized carbons (Fsp3) is 0.571. The maximum Gasteiger partial charge on any atom is 0.0317 e. The zero-order valence-electron chi connectivity index (χ0n) is 10.1. The Bertz CT molecular complexity index is 364. The highest BCUT2D eigenvalue weighted by molar-refractivity contribution is 5.85. The van der Waals surface area contributed by atoms with Gasteiger partial charge in [-0.1, -0.05) is 18.6 Å². The van der Waals surface area contributed by atoms with Crippen LogP contribution in [0, 0.1) is 0 Å². The Morgan fingerprint density at radius 3 is 2.47 bits per heavy atom. The molecule has 1 aromatic carbocycles. The predicted molar refractivity (Wildman–Crippen MR) is 74.3 cm³/mol. The number of benzene rings is 1. The molecule has 1 aromatic rings. The van der Waals surface area contributed by atoms with Gasteiger partial charge in [-0.25, -0.2) is 0 Å². The summed E-state index contributed by atoms with van der Waals surface area (Å²) in [5.41, 5.74) is 8.09. The predicted octanol–water partition coefficient (Wildman–Crippen LogP) is 3.21. The van der Waals surface area contributed by atoms with Crippen molar-refractivity contribution in [2.24, 2.45) is 0 Å². The molecule has 2 unspecified atom stereocenters. The van der Waals surface area contributed by atoms with Crippen LogP contribution in [0.5, 0.6) is 0 Å². The van der Waals surface area contributed by atoms with Crippen LogP contribution in [0.1, 0.15) is 37.7 Å². The molecule has 0 amide bonds. The van der Waals surface area contributed by atoms with E-state index in [1.54, 1.807) is 0 Å². The zero-order chi connectivity index (χ0) is 11.0. The van der Waals surface area contributed by atoms with Crippen molar-refractivity contribution in [1.82, 2.24) is 4.90 Å². The van der Waals surface area contributed by atoms with Gasteiger partial charge in [-0.15, -0.1) is 12.4 Å². The van der Waals surface area contributed by atoms with Gasteiger partial charge < -0.3 is 5.73 Å². The average Bonchev–Trinajstić information content (AvgIpc) is 2.51. The summed E-state index contributed by atoms with van der Waals surface area (Å²) in [4.78, 5) is 2.71. The quantitative estimate of drug-likeness (QED) is 0.819.